The van der Waals surface area contributed by atoms with Crippen molar-refractivity contribution in [1.82, 2.24) is 9.38 Å². The van der Waals surface area contributed by atoms with Crippen LogP contribution in [0.5, 0.6) is 0 Å². The van der Waals surface area contributed by atoms with Crippen LogP contribution in [0, 0.1) is 0 Å². The molecule has 4 heteroatoms. The van der Waals surface area contributed by atoms with Crippen molar-refractivity contribution in [1.29, 1.82) is 0 Å². The SMILES string of the molecule is Nc1cccc(-c2cn3c(-c4ccc(-c5ccccc5)cc4)csc3n2)c1. The van der Waals surface area contributed by atoms with E-state index in [2.05, 4.69) is 64.5 Å². The van der Waals surface area contributed by atoms with Crippen LogP contribution in [0.2, 0.25) is 0 Å². The summed E-state index contributed by atoms with van der Waals surface area (Å²) < 4.78 is 2.15. The molecule has 2 aromatic heterocycles. The maximum atomic E-state index is 5.92. The Balaban J connectivity index is 1.53. The molecule has 130 valence electrons. The third-order valence-electron chi connectivity index (χ3n) is 4.68. The predicted molar refractivity (Wildman–Crippen MR) is 114 cm³/mol. The Morgan fingerprint density at radius 1 is 0.741 bits per heavy atom. The highest BCUT2D eigenvalue weighted by molar-refractivity contribution is 7.15. The second kappa shape index (κ2) is 6.41. The lowest BCUT2D eigenvalue weighted by Gasteiger charge is -2.04. The van der Waals surface area contributed by atoms with Crippen molar-refractivity contribution >= 4 is 22.0 Å². The van der Waals surface area contributed by atoms with Crippen LogP contribution in [-0.2, 0) is 0 Å². The van der Waals surface area contributed by atoms with E-state index in [1.807, 2.05) is 30.3 Å². The number of imidazole rings is 1. The van der Waals surface area contributed by atoms with Gasteiger partial charge < -0.3 is 5.73 Å². The molecule has 27 heavy (non-hydrogen) atoms. The van der Waals surface area contributed by atoms with E-state index in [9.17, 15) is 0 Å². The van der Waals surface area contributed by atoms with E-state index in [-0.39, 0.29) is 0 Å². The second-order valence-corrected chi connectivity index (χ2v) is 7.31. The fourth-order valence-electron chi connectivity index (χ4n) is 3.29. The standard InChI is InChI=1S/C23H17N3S/c24-20-8-4-7-19(13-20)21-14-26-22(15-27-23(26)25-21)18-11-9-17(10-12-18)16-5-2-1-3-6-16/h1-15H,24H2. The summed E-state index contributed by atoms with van der Waals surface area (Å²) in [6, 6.07) is 27.0. The molecule has 5 rings (SSSR count). The van der Waals surface area contributed by atoms with Gasteiger partial charge in [0.1, 0.15) is 0 Å². The fraction of sp³-hybridized carbons (Fsp3) is 0. The summed E-state index contributed by atoms with van der Waals surface area (Å²) in [4.78, 5) is 5.74. The van der Waals surface area contributed by atoms with Crippen LogP contribution >= 0.6 is 11.3 Å². The molecule has 0 unspecified atom stereocenters. The third kappa shape index (κ3) is 2.90. The molecule has 0 saturated heterocycles. The van der Waals surface area contributed by atoms with Gasteiger partial charge in [-0.3, -0.25) is 4.40 Å². The Morgan fingerprint density at radius 2 is 1.44 bits per heavy atom. The lowest BCUT2D eigenvalue weighted by atomic mass is 10.0. The first-order valence-electron chi connectivity index (χ1n) is 8.76. The van der Waals surface area contributed by atoms with E-state index in [1.165, 1.54) is 16.7 Å². The number of thiazole rings is 1. The minimum atomic E-state index is 0.751. The molecule has 2 N–H and O–H groups in total. The Hall–Kier alpha value is -3.37. The smallest absolute Gasteiger partial charge is 0.194 e. The molecule has 0 atom stereocenters. The van der Waals surface area contributed by atoms with E-state index in [4.69, 9.17) is 10.7 Å². The van der Waals surface area contributed by atoms with E-state index in [0.717, 1.165) is 27.6 Å². The van der Waals surface area contributed by atoms with Gasteiger partial charge in [0, 0.05) is 22.8 Å². The molecule has 0 spiro atoms. The first-order valence-corrected chi connectivity index (χ1v) is 9.64. The molecule has 0 radical (unpaired) electrons. The van der Waals surface area contributed by atoms with Crippen LogP contribution in [0.3, 0.4) is 0 Å². The van der Waals surface area contributed by atoms with E-state index in [0.29, 0.717) is 0 Å². The molecule has 0 saturated carbocycles. The quantitative estimate of drug-likeness (QED) is 0.399. The van der Waals surface area contributed by atoms with Gasteiger partial charge in [0.15, 0.2) is 4.96 Å². The summed E-state index contributed by atoms with van der Waals surface area (Å²) in [5.74, 6) is 0. The molecule has 0 aliphatic rings. The molecule has 0 bridgehead atoms. The van der Waals surface area contributed by atoms with Crippen molar-refractivity contribution < 1.29 is 0 Å². The minimum Gasteiger partial charge on any atom is -0.399 e. The van der Waals surface area contributed by atoms with Crippen molar-refractivity contribution in [3.05, 3.63) is 90.4 Å². The van der Waals surface area contributed by atoms with Gasteiger partial charge in [-0.05, 0) is 28.8 Å². The number of hydrogen-bond donors (Lipinski definition) is 1. The first kappa shape index (κ1) is 15.9. The molecule has 0 aliphatic heterocycles. The van der Waals surface area contributed by atoms with Crippen molar-refractivity contribution in [2.75, 3.05) is 5.73 Å². The predicted octanol–water partition coefficient (Wildman–Crippen LogP) is 5.98. The van der Waals surface area contributed by atoms with Gasteiger partial charge in [-0.25, -0.2) is 4.98 Å². The van der Waals surface area contributed by atoms with Gasteiger partial charge in [0.05, 0.1) is 11.4 Å². The highest BCUT2D eigenvalue weighted by Gasteiger charge is 2.11. The zero-order valence-corrected chi connectivity index (χ0v) is 15.4. The van der Waals surface area contributed by atoms with Crippen LogP contribution in [0.15, 0.2) is 90.4 Å². The Kier molecular flexibility index (Phi) is 3.77. The highest BCUT2D eigenvalue weighted by atomic mass is 32.1. The normalized spacial score (nSPS) is 11.1. The molecule has 3 nitrogen and oxygen atoms in total. The van der Waals surface area contributed by atoms with E-state index < -0.39 is 0 Å². The maximum Gasteiger partial charge on any atom is 0.194 e. The van der Waals surface area contributed by atoms with Gasteiger partial charge >= 0.3 is 0 Å². The van der Waals surface area contributed by atoms with Crippen LogP contribution in [0.4, 0.5) is 5.69 Å². The van der Waals surface area contributed by atoms with Crippen molar-refractivity contribution in [2.45, 2.75) is 0 Å². The molecule has 0 amide bonds. The molecular formula is C23H17N3S. The lowest BCUT2D eigenvalue weighted by molar-refractivity contribution is 1.24. The number of rotatable bonds is 3. The Labute approximate surface area is 161 Å². The molecule has 0 aliphatic carbocycles. The van der Waals surface area contributed by atoms with Crippen molar-refractivity contribution in [3.63, 3.8) is 0 Å². The number of aromatic nitrogens is 2. The number of nitrogen functional groups attached to an aromatic ring is 1. The third-order valence-corrected chi connectivity index (χ3v) is 5.52. The van der Waals surface area contributed by atoms with Gasteiger partial charge in [-0.15, -0.1) is 11.3 Å². The number of nitrogens with two attached hydrogens (primary N) is 1. The summed E-state index contributed by atoms with van der Waals surface area (Å²) in [6.45, 7) is 0. The average Bonchev–Trinajstić information content (AvgIpc) is 3.30. The summed E-state index contributed by atoms with van der Waals surface area (Å²) in [5, 5.41) is 2.16. The number of hydrogen-bond acceptors (Lipinski definition) is 3. The zero-order chi connectivity index (χ0) is 18.2. The van der Waals surface area contributed by atoms with Crippen LogP contribution in [-0.4, -0.2) is 9.38 Å². The topological polar surface area (TPSA) is 43.3 Å². The van der Waals surface area contributed by atoms with Gasteiger partial charge in [-0.1, -0.05) is 66.7 Å². The second-order valence-electron chi connectivity index (χ2n) is 6.47. The molecule has 5 aromatic rings. The van der Waals surface area contributed by atoms with Crippen LogP contribution < -0.4 is 5.73 Å². The largest absolute Gasteiger partial charge is 0.399 e. The molecule has 0 fully saturated rings. The van der Waals surface area contributed by atoms with E-state index in [1.54, 1.807) is 11.3 Å². The summed E-state index contributed by atoms with van der Waals surface area (Å²) in [6.07, 6.45) is 2.08. The first-order chi connectivity index (χ1) is 13.3. The minimum absolute atomic E-state index is 0.751. The Morgan fingerprint density at radius 3 is 2.22 bits per heavy atom. The summed E-state index contributed by atoms with van der Waals surface area (Å²) >= 11 is 1.65. The molecule has 3 aromatic carbocycles. The molecular weight excluding hydrogens is 350 g/mol. The number of benzene rings is 3. The van der Waals surface area contributed by atoms with Crippen LogP contribution in [0.25, 0.3) is 38.6 Å². The van der Waals surface area contributed by atoms with Crippen molar-refractivity contribution in [3.8, 4) is 33.6 Å². The lowest BCUT2D eigenvalue weighted by Crippen LogP contribution is -1.86. The van der Waals surface area contributed by atoms with Crippen LogP contribution in [0.1, 0.15) is 0 Å². The summed E-state index contributed by atoms with van der Waals surface area (Å²) in [7, 11) is 0. The summed E-state index contributed by atoms with van der Waals surface area (Å²) in [5.41, 5.74) is 13.4. The number of fused-ring (bicyclic) bond motifs is 1. The highest BCUT2D eigenvalue weighted by Crippen LogP contribution is 2.31. The maximum absolute atomic E-state index is 5.92. The van der Waals surface area contributed by atoms with Crippen molar-refractivity contribution in [2.24, 2.45) is 0 Å². The number of anilines is 1. The Bertz CT molecular complexity index is 1220. The van der Waals surface area contributed by atoms with Gasteiger partial charge in [0.2, 0.25) is 0 Å². The number of nitrogens with zero attached hydrogens (tertiary/aromatic N) is 2. The van der Waals surface area contributed by atoms with E-state index >= 15 is 0 Å². The monoisotopic (exact) mass is 367 g/mol. The van der Waals surface area contributed by atoms with Gasteiger partial charge in [0.25, 0.3) is 0 Å². The fourth-order valence-corrected chi connectivity index (χ4v) is 4.17. The van der Waals surface area contributed by atoms with Gasteiger partial charge in [-0.2, -0.15) is 0 Å². The molecule has 2 heterocycles. The average molecular weight is 367 g/mol. The zero-order valence-electron chi connectivity index (χ0n) is 14.5.